The molecule has 0 aliphatic heterocycles. The van der Waals surface area contributed by atoms with Gasteiger partial charge in [-0.15, -0.1) is 24.5 Å². The lowest BCUT2D eigenvalue weighted by atomic mass is 10.00. The molecular formula is C31H27F3O6S. The molecule has 0 unspecified atom stereocenters. The largest absolute Gasteiger partial charge is 0.573 e. The normalized spacial score (nSPS) is 11.4. The number of aryl methyl sites for hydroxylation is 1. The van der Waals surface area contributed by atoms with Gasteiger partial charge in [-0.1, -0.05) is 43.5 Å². The van der Waals surface area contributed by atoms with Crippen LogP contribution in [0.15, 0.2) is 72.8 Å². The highest BCUT2D eigenvalue weighted by molar-refractivity contribution is 7.26. The smallest absolute Gasteiger partial charge is 0.491 e. The summed E-state index contributed by atoms with van der Waals surface area (Å²) in [5.74, 6) is -1.09. The summed E-state index contributed by atoms with van der Waals surface area (Å²) < 4.78 is 62.3. The van der Waals surface area contributed by atoms with E-state index >= 15 is 0 Å². The molecule has 0 N–H and O–H groups in total. The number of hydrogen-bond acceptors (Lipinski definition) is 7. The van der Waals surface area contributed by atoms with E-state index in [1.165, 1.54) is 20.1 Å². The van der Waals surface area contributed by atoms with Crippen LogP contribution in [0, 0.1) is 0 Å². The Balaban J connectivity index is 1.72. The first kappa shape index (κ1) is 29.7. The van der Waals surface area contributed by atoms with Gasteiger partial charge in [-0.3, -0.25) is 0 Å². The molecule has 0 fully saturated rings. The molecule has 41 heavy (non-hydrogen) atoms. The maximum atomic E-state index is 13.6. The lowest BCUT2D eigenvalue weighted by Crippen LogP contribution is -2.17. The molecule has 0 atom stereocenters. The van der Waals surface area contributed by atoms with Crippen LogP contribution in [0.2, 0.25) is 0 Å². The van der Waals surface area contributed by atoms with Gasteiger partial charge in [-0.2, -0.15) is 0 Å². The van der Waals surface area contributed by atoms with Gasteiger partial charge in [-0.25, -0.2) is 9.59 Å². The Morgan fingerprint density at radius 3 is 2.05 bits per heavy atom. The van der Waals surface area contributed by atoms with Crippen LogP contribution in [0.4, 0.5) is 13.2 Å². The van der Waals surface area contributed by atoms with Crippen LogP contribution >= 0.6 is 11.3 Å². The van der Waals surface area contributed by atoms with Crippen molar-refractivity contribution in [3.63, 3.8) is 0 Å². The molecule has 10 heteroatoms. The molecule has 0 saturated carbocycles. The molecule has 4 rings (SSSR count). The Morgan fingerprint density at radius 1 is 0.854 bits per heavy atom. The lowest BCUT2D eigenvalue weighted by molar-refractivity contribution is -0.273. The number of alkyl halides is 3. The van der Waals surface area contributed by atoms with E-state index in [-0.39, 0.29) is 39.7 Å². The van der Waals surface area contributed by atoms with Crippen LogP contribution in [0.3, 0.4) is 0 Å². The Hall–Kier alpha value is -4.31. The number of carbonyl (C=O) groups is 2. The SMILES string of the molecule is C=C(C)C(=O)OCCCc1ccc(-c2ccc3c(sc4c(OC)c(OC(=O)C(=C)C)ccc43)c2OC(F)(F)F)cc1. The number of halogens is 3. The van der Waals surface area contributed by atoms with E-state index in [4.69, 9.17) is 14.2 Å². The minimum Gasteiger partial charge on any atom is -0.491 e. The predicted octanol–water partition coefficient (Wildman–Crippen LogP) is 8.16. The average molecular weight is 585 g/mol. The molecule has 4 aromatic rings. The highest BCUT2D eigenvalue weighted by Gasteiger charge is 2.34. The molecule has 1 aromatic heterocycles. The van der Waals surface area contributed by atoms with Crippen LogP contribution in [0.25, 0.3) is 31.3 Å². The number of benzene rings is 3. The fourth-order valence-corrected chi connectivity index (χ4v) is 5.46. The molecule has 0 saturated heterocycles. The minimum atomic E-state index is -4.94. The predicted molar refractivity (Wildman–Crippen MR) is 153 cm³/mol. The molecule has 0 aliphatic rings. The molecule has 0 bridgehead atoms. The second kappa shape index (κ2) is 12.1. The lowest BCUT2D eigenvalue weighted by Gasteiger charge is -2.15. The highest BCUT2D eigenvalue weighted by Crippen LogP contribution is 2.50. The van der Waals surface area contributed by atoms with Crippen LogP contribution in [-0.4, -0.2) is 32.0 Å². The summed E-state index contributed by atoms with van der Waals surface area (Å²) in [6.07, 6.45) is -3.74. The monoisotopic (exact) mass is 584 g/mol. The third kappa shape index (κ3) is 6.71. The Kier molecular flexibility index (Phi) is 8.72. The average Bonchev–Trinajstić information content (AvgIpc) is 3.30. The maximum Gasteiger partial charge on any atom is 0.573 e. The summed E-state index contributed by atoms with van der Waals surface area (Å²) in [6.45, 7) is 10.4. The zero-order valence-corrected chi connectivity index (χ0v) is 23.5. The van der Waals surface area contributed by atoms with Gasteiger partial charge in [0.15, 0.2) is 17.2 Å². The second-order valence-corrected chi connectivity index (χ2v) is 10.3. The first-order valence-corrected chi connectivity index (χ1v) is 13.3. The van der Waals surface area contributed by atoms with Gasteiger partial charge in [-0.05, 0) is 56.0 Å². The van der Waals surface area contributed by atoms with Crippen LogP contribution in [-0.2, 0) is 20.7 Å². The molecule has 0 radical (unpaired) electrons. The topological polar surface area (TPSA) is 71.1 Å². The second-order valence-electron chi connectivity index (χ2n) is 9.33. The molecule has 0 spiro atoms. The van der Waals surface area contributed by atoms with Gasteiger partial charge in [0.1, 0.15) is 0 Å². The molecule has 214 valence electrons. The summed E-state index contributed by atoms with van der Waals surface area (Å²) in [5.41, 5.74) is 2.24. The number of esters is 2. The highest BCUT2D eigenvalue weighted by atomic mass is 32.1. The summed E-state index contributed by atoms with van der Waals surface area (Å²) in [7, 11) is 1.39. The van der Waals surface area contributed by atoms with E-state index in [1.54, 1.807) is 37.3 Å². The number of ether oxygens (including phenoxy) is 4. The first-order valence-electron chi connectivity index (χ1n) is 12.5. The Morgan fingerprint density at radius 2 is 1.46 bits per heavy atom. The molecule has 3 aromatic carbocycles. The number of hydrogen-bond donors (Lipinski definition) is 0. The summed E-state index contributed by atoms with van der Waals surface area (Å²) in [6, 6.07) is 13.6. The molecule has 1 heterocycles. The molecule has 6 nitrogen and oxygen atoms in total. The van der Waals surface area contributed by atoms with Crippen molar-refractivity contribution in [3.8, 4) is 28.4 Å². The van der Waals surface area contributed by atoms with Crippen LogP contribution < -0.4 is 14.2 Å². The zero-order valence-electron chi connectivity index (χ0n) is 22.6. The van der Waals surface area contributed by atoms with E-state index in [2.05, 4.69) is 17.9 Å². The van der Waals surface area contributed by atoms with E-state index in [1.807, 2.05) is 12.1 Å². The van der Waals surface area contributed by atoms with E-state index in [9.17, 15) is 22.8 Å². The molecule has 0 amide bonds. The minimum absolute atomic E-state index is 0.128. The number of carbonyl (C=O) groups excluding carboxylic acids is 2. The van der Waals surface area contributed by atoms with Crippen LogP contribution in [0.1, 0.15) is 25.8 Å². The van der Waals surface area contributed by atoms with E-state index < -0.39 is 18.3 Å². The van der Waals surface area contributed by atoms with E-state index in [0.717, 1.165) is 16.9 Å². The third-order valence-electron chi connectivity index (χ3n) is 6.11. The van der Waals surface area contributed by atoms with Gasteiger partial charge < -0.3 is 18.9 Å². The van der Waals surface area contributed by atoms with Crippen LogP contribution in [0.5, 0.6) is 17.2 Å². The zero-order chi connectivity index (χ0) is 29.9. The van der Waals surface area contributed by atoms with Crippen molar-refractivity contribution < 1.29 is 41.7 Å². The maximum absolute atomic E-state index is 13.6. The van der Waals surface area contributed by atoms with Gasteiger partial charge in [0, 0.05) is 27.5 Å². The van der Waals surface area contributed by atoms with Crippen molar-refractivity contribution in [2.45, 2.75) is 33.1 Å². The quantitative estimate of drug-likeness (QED) is 0.0811. The van der Waals surface area contributed by atoms with Crippen molar-refractivity contribution >= 4 is 43.4 Å². The Labute approximate surface area is 238 Å². The van der Waals surface area contributed by atoms with Crippen molar-refractivity contribution in [2.75, 3.05) is 13.7 Å². The van der Waals surface area contributed by atoms with Crippen molar-refractivity contribution in [2.24, 2.45) is 0 Å². The van der Waals surface area contributed by atoms with Gasteiger partial charge in [0.2, 0.25) is 0 Å². The molecular weight excluding hydrogens is 557 g/mol. The van der Waals surface area contributed by atoms with Crippen molar-refractivity contribution in [1.29, 1.82) is 0 Å². The first-order chi connectivity index (χ1) is 19.4. The fourth-order valence-electron chi connectivity index (χ4n) is 4.16. The number of thiophene rings is 1. The van der Waals surface area contributed by atoms with E-state index in [0.29, 0.717) is 39.5 Å². The summed E-state index contributed by atoms with van der Waals surface area (Å²) in [5, 5.41) is 1.16. The summed E-state index contributed by atoms with van der Waals surface area (Å²) >= 11 is 1.05. The number of rotatable bonds is 10. The fraction of sp³-hybridized carbons (Fsp3) is 0.226. The summed E-state index contributed by atoms with van der Waals surface area (Å²) in [4.78, 5) is 23.6. The Bertz CT molecular complexity index is 1650. The van der Waals surface area contributed by atoms with Gasteiger partial charge >= 0.3 is 18.3 Å². The van der Waals surface area contributed by atoms with Crippen molar-refractivity contribution in [1.82, 2.24) is 0 Å². The standard InChI is InChI=1S/C31H27F3O6S/c1-17(2)29(35)38-16-6-7-19-8-10-20(11-9-19)21-12-13-22-23-14-15-24(39-30(36)18(3)4)26(37-5)28(23)41-27(22)25(21)40-31(32,33)34/h8-15H,1,3,6-7,16H2,2,4-5H3. The van der Waals surface area contributed by atoms with Gasteiger partial charge in [0.25, 0.3) is 0 Å². The number of methoxy groups -OCH3 is 1. The number of fused-ring (bicyclic) bond motifs is 3. The third-order valence-corrected chi connectivity index (χ3v) is 7.33. The van der Waals surface area contributed by atoms with Gasteiger partial charge in [0.05, 0.1) is 23.1 Å². The molecule has 0 aliphatic carbocycles. The van der Waals surface area contributed by atoms with Crippen molar-refractivity contribution in [3.05, 3.63) is 78.4 Å².